The highest BCUT2D eigenvalue weighted by atomic mass is 16.5. The topological polar surface area (TPSA) is 70.6 Å². The summed E-state index contributed by atoms with van der Waals surface area (Å²) in [5.41, 5.74) is 0. The Hall–Kier alpha value is -0.650. The quantitative estimate of drug-likeness (QED) is 0.632. The molecular formula is C14H26N2O3. The Bertz CT molecular complexity index is 280. The van der Waals surface area contributed by atoms with Crippen LogP contribution in [-0.2, 0) is 9.53 Å². The second-order valence-electron chi connectivity index (χ2n) is 5.71. The lowest BCUT2D eigenvalue weighted by Crippen LogP contribution is -2.40. The largest absolute Gasteiger partial charge is 0.389 e. The molecule has 2 aliphatic rings. The normalized spacial score (nSPS) is 26.4. The Labute approximate surface area is 115 Å². The number of hydrogen-bond acceptors (Lipinski definition) is 4. The Kier molecular flexibility index (Phi) is 6.07. The number of rotatable bonds is 7. The molecule has 5 nitrogen and oxygen atoms in total. The molecule has 1 heterocycles. The SMILES string of the molecule is O=C1CCC(CNCC(O)COC2CCCCC2)N1. The molecule has 0 aromatic rings. The van der Waals surface area contributed by atoms with Crippen molar-refractivity contribution in [3.05, 3.63) is 0 Å². The van der Waals surface area contributed by atoms with Crippen molar-refractivity contribution in [2.24, 2.45) is 0 Å². The van der Waals surface area contributed by atoms with E-state index >= 15 is 0 Å². The van der Waals surface area contributed by atoms with Gasteiger partial charge in [-0.25, -0.2) is 0 Å². The minimum absolute atomic E-state index is 0.132. The van der Waals surface area contributed by atoms with Crippen molar-refractivity contribution in [2.45, 2.75) is 63.2 Å². The van der Waals surface area contributed by atoms with E-state index in [1.807, 2.05) is 0 Å². The fourth-order valence-electron chi connectivity index (χ4n) is 2.79. The van der Waals surface area contributed by atoms with E-state index in [4.69, 9.17) is 4.74 Å². The smallest absolute Gasteiger partial charge is 0.220 e. The third-order valence-electron chi connectivity index (χ3n) is 3.93. The molecule has 1 saturated heterocycles. The maximum absolute atomic E-state index is 11.0. The van der Waals surface area contributed by atoms with Crippen molar-refractivity contribution < 1.29 is 14.6 Å². The summed E-state index contributed by atoms with van der Waals surface area (Å²) in [6.07, 6.45) is 7.48. The number of aliphatic hydroxyl groups is 1. The lowest BCUT2D eigenvalue weighted by molar-refractivity contribution is -0.119. The fraction of sp³-hybridized carbons (Fsp3) is 0.929. The van der Waals surface area contributed by atoms with Crippen LogP contribution in [0.3, 0.4) is 0 Å². The van der Waals surface area contributed by atoms with Crippen LogP contribution in [0.25, 0.3) is 0 Å². The zero-order valence-corrected chi connectivity index (χ0v) is 11.6. The van der Waals surface area contributed by atoms with Gasteiger partial charge in [-0.2, -0.15) is 0 Å². The van der Waals surface area contributed by atoms with Crippen LogP contribution in [0.5, 0.6) is 0 Å². The van der Waals surface area contributed by atoms with Gasteiger partial charge in [-0.05, 0) is 19.3 Å². The summed E-state index contributed by atoms with van der Waals surface area (Å²) in [7, 11) is 0. The van der Waals surface area contributed by atoms with Gasteiger partial charge in [0, 0.05) is 25.6 Å². The summed E-state index contributed by atoms with van der Waals surface area (Å²) >= 11 is 0. The monoisotopic (exact) mass is 270 g/mol. The maximum atomic E-state index is 11.0. The van der Waals surface area contributed by atoms with Gasteiger partial charge >= 0.3 is 0 Å². The Balaban J connectivity index is 1.49. The summed E-state index contributed by atoms with van der Waals surface area (Å²) < 4.78 is 5.72. The second-order valence-corrected chi connectivity index (χ2v) is 5.71. The fourth-order valence-corrected chi connectivity index (χ4v) is 2.79. The molecule has 1 aliphatic carbocycles. The number of aliphatic hydroxyl groups excluding tert-OH is 1. The molecule has 1 amide bonds. The van der Waals surface area contributed by atoms with E-state index < -0.39 is 6.10 Å². The van der Waals surface area contributed by atoms with E-state index in [2.05, 4.69) is 10.6 Å². The Morgan fingerprint density at radius 2 is 2.11 bits per heavy atom. The molecule has 0 aromatic carbocycles. The van der Waals surface area contributed by atoms with E-state index in [0.29, 0.717) is 25.7 Å². The van der Waals surface area contributed by atoms with E-state index in [9.17, 15) is 9.90 Å². The predicted molar refractivity (Wildman–Crippen MR) is 72.9 cm³/mol. The average Bonchev–Trinajstić information content (AvgIpc) is 2.83. The first kappa shape index (κ1) is 14.8. The van der Waals surface area contributed by atoms with E-state index in [0.717, 1.165) is 25.8 Å². The molecule has 1 aliphatic heterocycles. The number of nitrogens with one attached hydrogen (secondary N) is 2. The first-order valence-corrected chi connectivity index (χ1v) is 7.54. The van der Waals surface area contributed by atoms with Gasteiger partial charge in [-0.3, -0.25) is 4.79 Å². The van der Waals surface area contributed by atoms with Gasteiger partial charge in [0.15, 0.2) is 0 Å². The van der Waals surface area contributed by atoms with Crippen LogP contribution in [0.4, 0.5) is 0 Å². The van der Waals surface area contributed by atoms with Gasteiger partial charge < -0.3 is 20.5 Å². The summed E-state index contributed by atoms with van der Waals surface area (Å²) in [5.74, 6) is 0.132. The molecule has 2 fully saturated rings. The molecule has 0 bridgehead atoms. The molecule has 110 valence electrons. The van der Waals surface area contributed by atoms with Gasteiger partial charge in [-0.15, -0.1) is 0 Å². The van der Waals surface area contributed by atoms with Crippen molar-refractivity contribution in [1.29, 1.82) is 0 Å². The molecule has 0 aromatic heterocycles. The van der Waals surface area contributed by atoms with Crippen LogP contribution in [0.2, 0.25) is 0 Å². The van der Waals surface area contributed by atoms with Gasteiger partial charge in [0.05, 0.1) is 18.8 Å². The van der Waals surface area contributed by atoms with Crippen LogP contribution in [0, 0.1) is 0 Å². The third kappa shape index (κ3) is 5.47. The molecule has 19 heavy (non-hydrogen) atoms. The summed E-state index contributed by atoms with van der Waals surface area (Å²) in [4.78, 5) is 11.0. The number of hydrogen-bond donors (Lipinski definition) is 3. The summed E-state index contributed by atoms with van der Waals surface area (Å²) in [6, 6.07) is 0.221. The van der Waals surface area contributed by atoms with E-state index in [-0.39, 0.29) is 11.9 Å². The Morgan fingerprint density at radius 3 is 2.79 bits per heavy atom. The van der Waals surface area contributed by atoms with Crippen LogP contribution < -0.4 is 10.6 Å². The molecule has 0 radical (unpaired) electrons. The van der Waals surface area contributed by atoms with Gasteiger partial charge in [0.1, 0.15) is 0 Å². The molecular weight excluding hydrogens is 244 g/mol. The first-order valence-electron chi connectivity index (χ1n) is 7.54. The number of carbonyl (C=O) groups is 1. The third-order valence-corrected chi connectivity index (χ3v) is 3.93. The van der Waals surface area contributed by atoms with Crippen molar-refractivity contribution in [2.75, 3.05) is 19.7 Å². The van der Waals surface area contributed by atoms with Gasteiger partial charge in [0.25, 0.3) is 0 Å². The molecule has 5 heteroatoms. The summed E-state index contributed by atoms with van der Waals surface area (Å²) in [5, 5.41) is 15.9. The van der Waals surface area contributed by atoms with E-state index in [1.165, 1.54) is 19.3 Å². The predicted octanol–water partition coefficient (Wildman–Crippen LogP) is 0.565. The van der Waals surface area contributed by atoms with Crippen molar-refractivity contribution >= 4 is 5.91 Å². The second kappa shape index (κ2) is 7.82. The average molecular weight is 270 g/mol. The van der Waals surface area contributed by atoms with E-state index in [1.54, 1.807) is 0 Å². The van der Waals surface area contributed by atoms with Crippen LogP contribution in [0.1, 0.15) is 44.9 Å². The zero-order chi connectivity index (χ0) is 13.5. The minimum atomic E-state index is -0.459. The number of ether oxygens (including phenoxy) is 1. The highest BCUT2D eigenvalue weighted by molar-refractivity contribution is 5.78. The summed E-state index contributed by atoms with van der Waals surface area (Å²) in [6.45, 7) is 1.67. The lowest BCUT2D eigenvalue weighted by atomic mass is 9.98. The van der Waals surface area contributed by atoms with Gasteiger partial charge in [0.2, 0.25) is 5.91 Å². The first-order chi connectivity index (χ1) is 9.24. The molecule has 3 N–H and O–H groups in total. The highest BCUT2D eigenvalue weighted by Crippen LogP contribution is 2.20. The van der Waals surface area contributed by atoms with Crippen molar-refractivity contribution in [3.8, 4) is 0 Å². The minimum Gasteiger partial charge on any atom is -0.389 e. The van der Waals surface area contributed by atoms with Crippen LogP contribution >= 0.6 is 0 Å². The van der Waals surface area contributed by atoms with Crippen molar-refractivity contribution in [3.63, 3.8) is 0 Å². The maximum Gasteiger partial charge on any atom is 0.220 e. The van der Waals surface area contributed by atoms with Gasteiger partial charge in [-0.1, -0.05) is 19.3 Å². The molecule has 2 atom stereocenters. The molecule has 0 spiro atoms. The standard InChI is InChI=1S/C14H26N2O3/c17-12(10-19-13-4-2-1-3-5-13)9-15-8-11-6-7-14(18)16-11/h11-13,15,17H,1-10H2,(H,16,18). The number of amides is 1. The van der Waals surface area contributed by atoms with Crippen LogP contribution in [-0.4, -0.2) is 49.0 Å². The van der Waals surface area contributed by atoms with Crippen LogP contribution in [0.15, 0.2) is 0 Å². The zero-order valence-electron chi connectivity index (χ0n) is 11.6. The molecule has 2 unspecified atom stereocenters. The lowest BCUT2D eigenvalue weighted by Gasteiger charge is -2.23. The number of carbonyl (C=O) groups excluding carboxylic acids is 1. The molecule has 2 rings (SSSR count). The Morgan fingerprint density at radius 1 is 1.32 bits per heavy atom. The highest BCUT2D eigenvalue weighted by Gasteiger charge is 2.20. The van der Waals surface area contributed by atoms with Crippen molar-refractivity contribution in [1.82, 2.24) is 10.6 Å². The molecule has 1 saturated carbocycles.